The highest BCUT2D eigenvalue weighted by Crippen LogP contribution is 2.29. The number of thioether (sulfide) groups is 1. The molecule has 3 rings (SSSR count). The zero-order valence-corrected chi connectivity index (χ0v) is 17.8. The molecule has 0 unspecified atom stereocenters. The van der Waals surface area contributed by atoms with Crippen molar-refractivity contribution >= 4 is 23.4 Å². The molecule has 0 aliphatic heterocycles. The second-order valence-electron chi connectivity index (χ2n) is 6.50. The SMILES string of the molecule is COc1ccc(OC)c(NC(=O)Cc2c(C)nc(SCc3ccccc3)[nH]c2=O)c1. The van der Waals surface area contributed by atoms with Gasteiger partial charge in [0, 0.05) is 23.1 Å². The molecule has 3 aromatic rings. The molecule has 0 saturated carbocycles. The van der Waals surface area contributed by atoms with Crippen LogP contribution in [0.2, 0.25) is 0 Å². The van der Waals surface area contributed by atoms with Crippen molar-refractivity contribution in [3.63, 3.8) is 0 Å². The predicted molar refractivity (Wildman–Crippen MR) is 117 cm³/mol. The van der Waals surface area contributed by atoms with Crippen molar-refractivity contribution in [2.24, 2.45) is 0 Å². The van der Waals surface area contributed by atoms with E-state index in [4.69, 9.17) is 9.47 Å². The molecule has 0 saturated heterocycles. The number of ether oxygens (including phenoxy) is 2. The van der Waals surface area contributed by atoms with E-state index in [1.54, 1.807) is 32.2 Å². The Balaban J connectivity index is 1.70. The summed E-state index contributed by atoms with van der Waals surface area (Å²) >= 11 is 1.44. The minimum Gasteiger partial charge on any atom is -0.497 e. The highest BCUT2D eigenvalue weighted by molar-refractivity contribution is 7.98. The predicted octanol–water partition coefficient (Wildman–Crippen LogP) is 3.57. The number of carbonyl (C=O) groups is 1. The van der Waals surface area contributed by atoms with Crippen LogP contribution in [0.1, 0.15) is 16.8 Å². The van der Waals surface area contributed by atoms with Crippen LogP contribution in [0.5, 0.6) is 11.5 Å². The Hall–Kier alpha value is -3.26. The third-order valence-corrected chi connectivity index (χ3v) is 5.38. The lowest BCUT2D eigenvalue weighted by atomic mass is 10.1. The summed E-state index contributed by atoms with van der Waals surface area (Å²) in [6.45, 7) is 1.73. The van der Waals surface area contributed by atoms with Crippen LogP contribution in [0.3, 0.4) is 0 Å². The van der Waals surface area contributed by atoms with Crippen molar-refractivity contribution in [1.29, 1.82) is 0 Å². The molecule has 7 nitrogen and oxygen atoms in total. The van der Waals surface area contributed by atoms with Gasteiger partial charge >= 0.3 is 0 Å². The van der Waals surface area contributed by atoms with Gasteiger partial charge in [-0.3, -0.25) is 9.59 Å². The average Bonchev–Trinajstić information content (AvgIpc) is 2.75. The van der Waals surface area contributed by atoms with Gasteiger partial charge in [0.25, 0.3) is 5.56 Å². The first-order valence-electron chi connectivity index (χ1n) is 9.28. The molecule has 2 aromatic carbocycles. The summed E-state index contributed by atoms with van der Waals surface area (Å²) in [5.41, 5.74) is 2.16. The van der Waals surface area contributed by atoms with E-state index in [0.717, 1.165) is 5.56 Å². The Bertz CT molecular complexity index is 1080. The molecule has 1 aromatic heterocycles. The van der Waals surface area contributed by atoms with Gasteiger partial charge < -0.3 is 19.8 Å². The Kier molecular flexibility index (Phi) is 7.13. The smallest absolute Gasteiger partial charge is 0.255 e. The second kappa shape index (κ2) is 9.98. The molecule has 0 aliphatic carbocycles. The van der Waals surface area contributed by atoms with E-state index in [2.05, 4.69) is 15.3 Å². The van der Waals surface area contributed by atoms with Gasteiger partial charge in [0.1, 0.15) is 11.5 Å². The highest BCUT2D eigenvalue weighted by Gasteiger charge is 2.15. The molecule has 1 heterocycles. The summed E-state index contributed by atoms with van der Waals surface area (Å²) in [6, 6.07) is 15.0. The molecule has 8 heteroatoms. The van der Waals surface area contributed by atoms with Crippen LogP contribution in [0, 0.1) is 6.92 Å². The van der Waals surface area contributed by atoms with E-state index < -0.39 is 0 Å². The van der Waals surface area contributed by atoms with E-state index in [1.165, 1.54) is 18.9 Å². The van der Waals surface area contributed by atoms with Crippen LogP contribution in [0.25, 0.3) is 0 Å². The van der Waals surface area contributed by atoms with Gasteiger partial charge in [0.15, 0.2) is 5.16 Å². The van der Waals surface area contributed by atoms with Crippen molar-refractivity contribution < 1.29 is 14.3 Å². The summed E-state index contributed by atoms with van der Waals surface area (Å²) in [5, 5.41) is 3.30. The number of rotatable bonds is 8. The third kappa shape index (κ3) is 5.42. The third-order valence-electron chi connectivity index (χ3n) is 4.44. The number of anilines is 1. The van der Waals surface area contributed by atoms with E-state index in [9.17, 15) is 9.59 Å². The van der Waals surface area contributed by atoms with Crippen molar-refractivity contribution in [3.05, 3.63) is 75.7 Å². The minimum absolute atomic E-state index is 0.0990. The number of aryl methyl sites for hydroxylation is 1. The van der Waals surface area contributed by atoms with E-state index in [0.29, 0.717) is 39.4 Å². The summed E-state index contributed by atoms with van der Waals surface area (Å²) in [5.74, 6) is 1.43. The zero-order valence-electron chi connectivity index (χ0n) is 17.0. The Labute approximate surface area is 178 Å². The lowest BCUT2D eigenvalue weighted by Crippen LogP contribution is -2.24. The van der Waals surface area contributed by atoms with Gasteiger partial charge in [-0.25, -0.2) is 4.98 Å². The fourth-order valence-corrected chi connectivity index (χ4v) is 3.72. The molecule has 156 valence electrons. The number of hydrogen-bond donors (Lipinski definition) is 2. The quantitative estimate of drug-likeness (QED) is 0.423. The number of benzene rings is 2. The molecule has 0 bridgehead atoms. The molecule has 0 fully saturated rings. The highest BCUT2D eigenvalue weighted by atomic mass is 32.2. The summed E-state index contributed by atoms with van der Waals surface area (Å²) < 4.78 is 10.5. The molecule has 0 aliphatic rings. The maximum Gasteiger partial charge on any atom is 0.255 e. The molecule has 0 spiro atoms. The van der Waals surface area contributed by atoms with Gasteiger partial charge in [-0.15, -0.1) is 0 Å². The van der Waals surface area contributed by atoms with Gasteiger partial charge in [-0.05, 0) is 24.6 Å². The fourth-order valence-electron chi connectivity index (χ4n) is 2.85. The summed E-state index contributed by atoms with van der Waals surface area (Å²) in [4.78, 5) is 32.3. The van der Waals surface area contributed by atoms with Crippen molar-refractivity contribution in [2.75, 3.05) is 19.5 Å². The zero-order chi connectivity index (χ0) is 21.5. The lowest BCUT2D eigenvalue weighted by molar-refractivity contribution is -0.115. The molecule has 2 N–H and O–H groups in total. The van der Waals surface area contributed by atoms with Gasteiger partial charge in [-0.1, -0.05) is 42.1 Å². The first-order chi connectivity index (χ1) is 14.5. The number of nitrogens with one attached hydrogen (secondary N) is 2. The second-order valence-corrected chi connectivity index (χ2v) is 7.46. The molecule has 0 radical (unpaired) electrons. The normalized spacial score (nSPS) is 10.5. The van der Waals surface area contributed by atoms with Crippen molar-refractivity contribution in [3.8, 4) is 11.5 Å². The van der Waals surface area contributed by atoms with Crippen LogP contribution < -0.4 is 20.3 Å². The number of H-pyrrole nitrogens is 1. The standard InChI is InChI=1S/C22H23N3O4S/c1-14-17(12-20(26)24-18-11-16(28-2)9-10-19(18)29-3)21(27)25-22(23-14)30-13-15-7-5-4-6-8-15/h4-11H,12-13H2,1-3H3,(H,24,26)(H,23,25,27). The van der Waals surface area contributed by atoms with Crippen LogP contribution in [0.4, 0.5) is 5.69 Å². The van der Waals surface area contributed by atoms with Gasteiger partial charge in [0.2, 0.25) is 5.91 Å². The minimum atomic E-state index is -0.346. The van der Waals surface area contributed by atoms with Crippen LogP contribution >= 0.6 is 11.8 Å². The van der Waals surface area contributed by atoms with Crippen LogP contribution in [-0.2, 0) is 17.0 Å². The van der Waals surface area contributed by atoms with Crippen LogP contribution in [0.15, 0.2) is 58.5 Å². The molecule has 30 heavy (non-hydrogen) atoms. The number of carbonyl (C=O) groups excluding carboxylic acids is 1. The van der Waals surface area contributed by atoms with Crippen LogP contribution in [-0.4, -0.2) is 30.1 Å². The summed E-state index contributed by atoms with van der Waals surface area (Å²) in [7, 11) is 3.06. The first kappa shape index (κ1) is 21.4. The molecule has 1 amide bonds. The Morgan fingerprint density at radius 2 is 1.90 bits per heavy atom. The number of aromatic nitrogens is 2. The number of aromatic amines is 1. The van der Waals surface area contributed by atoms with Crippen molar-refractivity contribution in [2.45, 2.75) is 24.3 Å². The first-order valence-corrected chi connectivity index (χ1v) is 10.3. The topological polar surface area (TPSA) is 93.3 Å². The lowest BCUT2D eigenvalue weighted by Gasteiger charge is -2.12. The average molecular weight is 426 g/mol. The maximum absolute atomic E-state index is 12.6. The van der Waals surface area contributed by atoms with Gasteiger partial charge in [0.05, 0.1) is 26.3 Å². The van der Waals surface area contributed by atoms with Gasteiger partial charge in [-0.2, -0.15) is 0 Å². The van der Waals surface area contributed by atoms with E-state index in [-0.39, 0.29) is 17.9 Å². The number of methoxy groups -OCH3 is 2. The maximum atomic E-state index is 12.6. The fraction of sp³-hybridized carbons (Fsp3) is 0.227. The number of nitrogens with zero attached hydrogens (tertiary/aromatic N) is 1. The van der Waals surface area contributed by atoms with Crippen molar-refractivity contribution in [1.82, 2.24) is 9.97 Å². The molecular weight excluding hydrogens is 402 g/mol. The number of amides is 1. The Morgan fingerprint density at radius 1 is 1.13 bits per heavy atom. The molecular formula is C22H23N3O4S. The van der Waals surface area contributed by atoms with E-state index >= 15 is 0 Å². The van der Waals surface area contributed by atoms with E-state index in [1.807, 2.05) is 30.3 Å². The Morgan fingerprint density at radius 3 is 2.57 bits per heavy atom. The number of hydrogen-bond acceptors (Lipinski definition) is 6. The molecule has 0 atom stereocenters. The largest absolute Gasteiger partial charge is 0.497 e. The summed E-state index contributed by atoms with van der Waals surface area (Å²) in [6.07, 6.45) is -0.0990. The monoisotopic (exact) mass is 425 g/mol.